The van der Waals surface area contributed by atoms with Crippen molar-refractivity contribution in [2.75, 3.05) is 17.7 Å². The maximum absolute atomic E-state index is 12.8. The number of nitrogens with one attached hydrogen (secondary N) is 2. The molecular formula is C12H12FN5O2. The van der Waals surface area contributed by atoms with Gasteiger partial charge in [-0.15, -0.1) is 0 Å². The van der Waals surface area contributed by atoms with E-state index in [0.717, 1.165) is 5.56 Å². The first-order valence-corrected chi connectivity index (χ1v) is 5.77. The molecule has 0 radical (unpaired) electrons. The first-order chi connectivity index (χ1) is 9.61. The maximum Gasteiger partial charge on any atom is 0.353 e. The fourth-order valence-electron chi connectivity index (χ4n) is 1.65. The van der Waals surface area contributed by atoms with Crippen molar-refractivity contribution >= 4 is 17.3 Å². The Hall–Kier alpha value is -2.77. The lowest BCUT2D eigenvalue weighted by atomic mass is 10.2. The predicted molar refractivity (Wildman–Crippen MR) is 72.0 cm³/mol. The molecule has 0 bridgehead atoms. The van der Waals surface area contributed by atoms with Gasteiger partial charge in [0.1, 0.15) is 12.1 Å². The van der Waals surface area contributed by atoms with Crippen LogP contribution in [0.4, 0.5) is 21.7 Å². The summed E-state index contributed by atoms with van der Waals surface area (Å²) >= 11 is 0. The SMILES string of the molecule is CNc1ncnc(NCc2ccc(F)cc2)c1[N+](=O)[O-]. The summed E-state index contributed by atoms with van der Waals surface area (Å²) in [5, 5.41) is 16.5. The van der Waals surface area contributed by atoms with Gasteiger partial charge in [-0.25, -0.2) is 14.4 Å². The Bertz CT molecular complexity index is 618. The Kier molecular flexibility index (Phi) is 4.04. The Morgan fingerprint density at radius 2 is 1.90 bits per heavy atom. The fourth-order valence-corrected chi connectivity index (χ4v) is 1.65. The molecule has 0 aliphatic heterocycles. The van der Waals surface area contributed by atoms with Crippen LogP contribution in [0.25, 0.3) is 0 Å². The van der Waals surface area contributed by atoms with Gasteiger partial charge in [-0.2, -0.15) is 0 Å². The molecule has 2 N–H and O–H groups in total. The van der Waals surface area contributed by atoms with Crippen LogP contribution in [0.2, 0.25) is 0 Å². The molecule has 1 aromatic heterocycles. The quantitative estimate of drug-likeness (QED) is 0.642. The van der Waals surface area contributed by atoms with Crippen LogP contribution < -0.4 is 10.6 Å². The van der Waals surface area contributed by atoms with E-state index in [1.165, 1.54) is 18.5 Å². The third-order valence-electron chi connectivity index (χ3n) is 2.61. The zero-order valence-electron chi connectivity index (χ0n) is 10.6. The summed E-state index contributed by atoms with van der Waals surface area (Å²) < 4.78 is 12.8. The minimum atomic E-state index is -0.557. The monoisotopic (exact) mass is 277 g/mol. The van der Waals surface area contributed by atoms with Crippen molar-refractivity contribution in [3.05, 3.63) is 52.1 Å². The van der Waals surface area contributed by atoms with Crippen LogP contribution in [0, 0.1) is 15.9 Å². The first-order valence-electron chi connectivity index (χ1n) is 5.77. The number of hydrogen-bond acceptors (Lipinski definition) is 6. The summed E-state index contributed by atoms with van der Waals surface area (Å²) in [7, 11) is 1.54. The van der Waals surface area contributed by atoms with E-state index in [4.69, 9.17) is 0 Å². The molecule has 0 fully saturated rings. The predicted octanol–water partition coefficient (Wildman–Crippen LogP) is 2.18. The first kappa shape index (κ1) is 13.7. The normalized spacial score (nSPS) is 10.1. The van der Waals surface area contributed by atoms with E-state index in [0.29, 0.717) is 6.54 Å². The molecule has 8 heteroatoms. The van der Waals surface area contributed by atoms with Crippen molar-refractivity contribution in [2.24, 2.45) is 0 Å². The number of anilines is 2. The van der Waals surface area contributed by atoms with Gasteiger partial charge in [0.2, 0.25) is 11.6 Å². The molecule has 7 nitrogen and oxygen atoms in total. The lowest BCUT2D eigenvalue weighted by Crippen LogP contribution is -2.08. The summed E-state index contributed by atoms with van der Waals surface area (Å²) in [5.41, 5.74) is 0.558. The fraction of sp³-hybridized carbons (Fsp3) is 0.167. The second-order valence-electron chi connectivity index (χ2n) is 3.91. The highest BCUT2D eigenvalue weighted by Gasteiger charge is 2.21. The smallest absolute Gasteiger partial charge is 0.353 e. The number of nitrogens with zero attached hydrogens (tertiary/aromatic N) is 3. The van der Waals surface area contributed by atoms with E-state index in [9.17, 15) is 14.5 Å². The molecule has 104 valence electrons. The summed E-state index contributed by atoms with van der Waals surface area (Å²) in [5.74, 6) is -0.0930. The molecule has 0 aliphatic carbocycles. The number of benzene rings is 1. The van der Waals surface area contributed by atoms with Gasteiger partial charge in [-0.3, -0.25) is 10.1 Å². The Morgan fingerprint density at radius 1 is 1.25 bits per heavy atom. The highest BCUT2D eigenvalue weighted by Crippen LogP contribution is 2.28. The van der Waals surface area contributed by atoms with E-state index in [2.05, 4.69) is 20.6 Å². The highest BCUT2D eigenvalue weighted by molar-refractivity contribution is 5.68. The van der Waals surface area contributed by atoms with Gasteiger partial charge in [0.25, 0.3) is 0 Å². The van der Waals surface area contributed by atoms with Gasteiger partial charge < -0.3 is 10.6 Å². The van der Waals surface area contributed by atoms with E-state index in [-0.39, 0.29) is 23.1 Å². The van der Waals surface area contributed by atoms with Crippen molar-refractivity contribution in [1.29, 1.82) is 0 Å². The maximum atomic E-state index is 12.8. The second-order valence-corrected chi connectivity index (χ2v) is 3.91. The number of aromatic nitrogens is 2. The van der Waals surface area contributed by atoms with Crippen LogP contribution in [-0.4, -0.2) is 21.9 Å². The molecule has 0 saturated heterocycles. The average molecular weight is 277 g/mol. The van der Waals surface area contributed by atoms with Crippen LogP contribution in [0.5, 0.6) is 0 Å². The van der Waals surface area contributed by atoms with E-state index < -0.39 is 4.92 Å². The van der Waals surface area contributed by atoms with Crippen LogP contribution in [-0.2, 0) is 6.54 Å². The van der Waals surface area contributed by atoms with Crippen LogP contribution in [0.15, 0.2) is 30.6 Å². The summed E-state index contributed by atoms with van der Waals surface area (Å²) in [6.07, 6.45) is 1.23. The molecule has 1 aromatic carbocycles. The van der Waals surface area contributed by atoms with Crippen LogP contribution in [0.1, 0.15) is 5.56 Å². The third-order valence-corrected chi connectivity index (χ3v) is 2.61. The second kappa shape index (κ2) is 5.91. The Labute approximate surface area is 114 Å². The molecule has 0 amide bonds. The number of hydrogen-bond donors (Lipinski definition) is 2. The highest BCUT2D eigenvalue weighted by atomic mass is 19.1. The summed E-state index contributed by atoms with van der Waals surface area (Å²) in [6.45, 7) is 0.293. The van der Waals surface area contributed by atoms with Gasteiger partial charge in [0, 0.05) is 13.6 Å². The van der Waals surface area contributed by atoms with Gasteiger partial charge >= 0.3 is 5.69 Å². The lowest BCUT2D eigenvalue weighted by Gasteiger charge is -2.08. The zero-order chi connectivity index (χ0) is 14.5. The largest absolute Gasteiger partial charge is 0.367 e. The minimum absolute atomic E-state index is 0.110. The molecule has 20 heavy (non-hydrogen) atoms. The van der Waals surface area contributed by atoms with Gasteiger partial charge in [-0.1, -0.05) is 12.1 Å². The van der Waals surface area contributed by atoms with Gasteiger partial charge in [0.05, 0.1) is 4.92 Å². The number of halogens is 1. The molecule has 0 spiro atoms. The van der Waals surface area contributed by atoms with Crippen molar-refractivity contribution in [3.63, 3.8) is 0 Å². The number of rotatable bonds is 5. The minimum Gasteiger partial charge on any atom is -0.367 e. The molecule has 0 unspecified atom stereocenters. The summed E-state index contributed by atoms with van der Waals surface area (Å²) in [4.78, 5) is 18.2. The van der Waals surface area contributed by atoms with Crippen molar-refractivity contribution < 1.29 is 9.31 Å². The van der Waals surface area contributed by atoms with Gasteiger partial charge in [-0.05, 0) is 17.7 Å². The molecule has 0 saturated carbocycles. The van der Waals surface area contributed by atoms with Crippen LogP contribution in [0.3, 0.4) is 0 Å². The van der Waals surface area contributed by atoms with Crippen molar-refractivity contribution in [1.82, 2.24) is 9.97 Å². The van der Waals surface area contributed by atoms with E-state index in [1.807, 2.05) is 0 Å². The lowest BCUT2D eigenvalue weighted by molar-refractivity contribution is -0.383. The molecular weight excluding hydrogens is 265 g/mol. The van der Waals surface area contributed by atoms with E-state index in [1.54, 1.807) is 19.2 Å². The van der Waals surface area contributed by atoms with Crippen molar-refractivity contribution in [2.45, 2.75) is 6.54 Å². The van der Waals surface area contributed by atoms with Crippen LogP contribution >= 0.6 is 0 Å². The molecule has 1 heterocycles. The molecule has 0 aliphatic rings. The molecule has 0 atom stereocenters. The van der Waals surface area contributed by atoms with Gasteiger partial charge in [0.15, 0.2) is 0 Å². The van der Waals surface area contributed by atoms with Crippen molar-refractivity contribution in [3.8, 4) is 0 Å². The molecule has 2 aromatic rings. The van der Waals surface area contributed by atoms with E-state index >= 15 is 0 Å². The standard InChI is InChI=1S/C12H12FN5O2/c1-14-11-10(18(19)20)12(17-7-16-11)15-6-8-2-4-9(13)5-3-8/h2-5,7H,6H2,1H3,(H2,14,15,16,17). The third kappa shape index (κ3) is 2.97. The topological polar surface area (TPSA) is 93.0 Å². The summed E-state index contributed by atoms with van der Waals surface area (Å²) in [6, 6.07) is 5.83. The zero-order valence-corrected chi connectivity index (χ0v) is 10.6. The number of nitro groups is 1. The molecule has 2 rings (SSSR count). The average Bonchev–Trinajstić information content (AvgIpc) is 2.46. The Balaban J connectivity index is 2.21. The Morgan fingerprint density at radius 3 is 2.50 bits per heavy atom.